The summed E-state index contributed by atoms with van der Waals surface area (Å²) >= 11 is 3.27. The Labute approximate surface area is 87.7 Å². The van der Waals surface area contributed by atoms with Crippen LogP contribution in [0.1, 0.15) is 5.56 Å². The zero-order valence-corrected chi connectivity index (χ0v) is 8.54. The monoisotopic (exact) mass is 249 g/mol. The summed E-state index contributed by atoms with van der Waals surface area (Å²) in [5.41, 5.74) is -0.0960. The predicted octanol–water partition coefficient (Wildman–Crippen LogP) is 2.43. The van der Waals surface area contributed by atoms with Gasteiger partial charge in [0.15, 0.2) is 0 Å². The van der Waals surface area contributed by atoms with Crippen LogP contribution < -0.4 is 5.63 Å². The van der Waals surface area contributed by atoms with Crippen LogP contribution in [0.4, 0.5) is 0 Å². The summed E-state index contributed by atoms with van der Waals surface area (Å²) in [4.78, 5) is 11.2. The highest BCUT2D eigenvalue weighted by molar-refractivity contribution is 9.10. The van der Waals surface area contributed by atoms with Gasteiger partial charge in [-0.1, -0.05) is 22.0 Å². The summed E-state index contributed by atoms with van der Waals surface area (Å²) in [6, 6.07) is 8.60. The van der Waals surface area contributed by atoms with Gasteiger partial charge in [-0.25, -0.2) is 4.79 Å². The Morgan fingerprint density at radius 1 is 1.36 bits per heavy atom. The van der Waals surface area contributed by atoms with Crippen molar-refractivity contribution in [1.29, 1.82) is 5.26 Å². The average Bonchev–Trinajstić information content (AvgIpc) is 2.16. The minimum atomic E-state index is -0.599. The number of nitrogens with zero attached hydrogens (tertiary/aromatic N) is 1. The molecular weight excluding hydrogens is 246 g/mol. The fourth-order valence-electron chi connectivity index (χ4n) is 1.16. The van der Waals surface area contributed by atoms with E-state index in [0.717, 1.165) is 9.86 Å². The third kappa shape index (κ3) is 1.42. The molecule has 0 aliphatic heterocycles. The lowest BCUT2D eigenvalue weighted by molar-refractivity contribution is 0.558. The van der Waals surface area contributed by atoms with Gasteiger partial charge in [-0.2, -0.15) is 5.26 Å². The van der Waals surface area contributed by atoms with Crippen molar-refractivity contribution in [3.63, 3.8) is 0 Å². The molecule has 0 saturated carbocycles. The Morgan fingerprint density at radius 2 is 2.14 bits per heavy atom. The highest BCUT2D eigenvalue weighted by atomic mass is 79.9. The number of halogens is 1. The minimum Gasteiger partial charge on any atom is -0.422 e. The van der Waals surface area contributed by atoms with Crippen molar-refractivity contribution in [3.8, 4) is 6.07 Å². The molecule has 0 aliphatic rings. The van der Waals surface area contributed by atoms with Gasteiger partial charge in [-0.15, -0.1) is 0 Å². The summed E-state index contributed by atoms with van der Waals surface area (Å²) in [6.07, 6.45) is 0. The van der Waals surface area contributed by atoms with Crippen molar-refractivity contribution in [2.24, 2.45) is 0 Å². The van der Waals surface area contributed by atoms with Gasteiger partial charge in [0.1, 0.15) is 17.2 Å². The fraction of sp³-hybridized carbons (Fsp3) is 0. The van der Waals surface area contributed by atoms with E-state index in [4.69, 9.17) is 9.68 Å². The van der Waals surface area contributed by atoms with E-state index in [2.05, 4.69) is 15.9 Å². The molecule has 0 fully saturated rings. The van der Waals surface area contributed by atoms with Crippen LogP contribution in [0.5, 0.6) is 0 Å². The van der Waals surface area contributed by atoms with Crippen LogP contribution in [0.15, 0.2) is 37.9 Å². The van der Waals surface area contributed by atoms with E-state index in [1.165, 1.54) is 6.07 Å². The molecule has 0 N–H and O–H groups in total. The molecule has 1 aromatic carbocycles. The van der Waals surface area contributed by atoms with E-state index in [-0.39, 0.29) is 5.56 Å². The van der Waals surface area contributed by atoms with E-state index in [0.29, 0.717) is 5.58 Å². The molecule has 68 valence electrons. The Morgan fingerprint density at radius 3 is 2.86 bits per heavy atom. The van der Waals surface area contributed by atoms with Gasteiger partial charge in [0, 0.05) is 9.86 Å². The van der Waals surface area contributed by atoms with E-state index in [1.807, 2.05) is 6.07 Å². The molecule has 0 saturated heterocycles. The first-order valence-corrected chi connectivity index (χ1v) is 4.63. The van der Waals surface area contributed by atoms with Crippen LogP contribution in [0, 0.1) is 11.3 Å². The lowest BCUT2D eigenvalue weighted by Gasteiger charge is -1.96. The molecule has 14 heavy (non-hydrogen) atoms. The topological polar surface area (TPSA) is 54.0 Å². The van der Waals surface area contributed by atoms with Gasteiger partial charge in [-0.05, 0) is 18.2 Å². The Kier molecular flexibility index (Phi) is 2.10. The summed E-state index contributed by atoms with van der Waals surface area (Å²) in [6.45, 7) is 0. The molecule has 0 bridgehead atoms. The lowest BCUT2D eigenvalue weighted by Crippen LogP contribution is -2.02. The lowest BCUT2D eigenvalue weighted by atomic mass is 10.2. The van der Waals surface area contributed by atoms with Crippen molar-refractivity contribution in [1.82, 2.24) is 0 Å². The Balaban J connectivity index is 2.88. The minimum absolute atomic E-state index is 0.0276. The summed E-state index contributed by atoms with van der Waals surface area (Å²) in [5.74, 6) is 0. The van der Waals surface area contributed by atoms with Crippen LogP contribution >= 0.6 is 15.9 Å². The van der Waals surface area contributed by atoms with Crippen molar-refractivity contribution in [3.05, 3.63) is 44.7 Å². The molecule has 0 radical (unpaired) electrons. The van der Waals surface area contributed by atoms with Crippen molar-refractivity contribution in [2.45, 2.75) is 0 Å². The largest absolute Gasteiger partial charge is 0.422 e. The Hall–Kier alpha value is -1.60. The highest BCUT2D eigenvalue weighted by Crippen LogP contribution is 2.18. The zero-order chi connectivity index (χ0) is 10.1. The maximum absolute atomic E-state index is 11.2. The standard InChI is InChI=1S/C10H4BrNO2/c11-8-2-1-6-3-7(5-12)10(13)14-9(6)4-8/h1-4H. The van der Waals surface area contributed by atoms with Gasteiger partial charge in [0.05, 0.1) is 0 Å². The average molecular weight is 250 g/mol. The second-order valence-corrected chi connectivity index (χ2v) is 3.66. The number of fused-ring (bicyclic) bond motifs is 1. The van der Waals surface area contributed by atoms with Crippen LogP contribution in [0.3, 0.4) is 0 Å². The molecule has 1 aromatic heterocycles. The first-order chi connectivity index (χ1) is 6.70. The molecule has 4 heteroatoms. The third-order valence-corrected chi connectivity index (χ3v) is 2.31. The number of nitriles is 1. The smallest absolute Gasteiger partial charge is 0.354 e. The molecule has 0 amide bonds. The van der Waals surface area contributed by atoms with Gasteiger partial charge < -0.3 is 4.42 Å². The Bertz CT molecular complexity index is 595. The number of benzene rings is 1. The van der Waals surface area contributed by atoms with Gasteiger partial charge in [-0.3, -0.25) is 0 Å². The molecule has 1 heterocycles. The number of rotatable bonds is 0. The van der Waals surface area contributed by atoms with Gasteiger partial charge in [0.2, 0.25) is 0 Å². The summed E-state index contributed by atoms with van der Waals surface area (Å²) < 4.78 is 5.79. The first kappa shape index (κ1) is 8.97. The normalized spacial score (nSPS) is 10.0. The van der Waals surface area contributed by atoms with Gasteiger partial charge >= 0.3 is 5.63 Å². The quantitative estimate of drug-likeness (QED) is 0.674. The molecule has 0 atom stereocenters. The molecule has 0 aliphatic carbocycles. The number of hydrogen-bond donors (Lipinski definition) is 0. The fourth-order valence-corrected chi connectivity index (χ4v) is 1.50. The third-order valence-electron chi connectivity index (χ3n) is 1.82. The number of hydrogen-bond acceptors (Lipinski definition) is 3. The predicted molar refractivity (Wildman–Crippen MR) is 54.9 cm³/mol. The highest BCUT2D eigenvalue weighted by Gasteiger charge is 2.03. The maximum Gasteiger partial charge on any atom is 0.354 e. The molecule has 3 nitrogen and oxygen atoms in total. The van der Waals surface area contributed by atoms with E-state index in [9.17, 15) is 4.79 Å². The SMILES string of the molecule is N#Cc1cc2ccc(Br)cc2oc1=O. The molecule has 0 spiro atoms. The van der Waals surface area contributed by atoms with Crippen LogP contribution in [0.2, 0.25) is 0 Å². The van der Waals surface area contributed by atoms with Crippen LogP contribution in [-0.2, 0) is 0 Å². The molecule has 2 rings (SSSR count). The second kappa shape index (κ2) is 3.28. The van der Waals surface area contributed by atoms with Crippen molar-refractivity contribution in [2.75, 3.05) is 0 Å². The van der Waals surface area contributed by atoms with Crippen LogP contribution in [0.25, 0.3) is 11.0 Å². The van der Waals surface area contributed by atoms with Crippen LogP contribution in [-0.4, -0.2) is 0 Å². The zero-order valence-electron chi connectivity index (χ0n) is 6.95. The molecule has 0 unspecified atom stereocenters. The van der Waals surface area contributed by atoms with Gasteiger partial charge in [0.25, 0.3) is 0 Å². The summed E-state index contributed by atoms with van der Waals surface area (Å²) in [7, 11) is 0. The van der Waals surface area contributed by atoms with E-state index < -0.39 is 5.63 Å². The van der Waals surface area contributed by atoms with E-state index >= 15 is 0 Å². The molecule has 2 aromatic rings. The molecular formula is C10H4BrNO2. The summed E-state index contributed by atoms with van der Waals surface area (Å²) in [5, 5.41) is 9.35. The van der Waals surface area contributed by atoms with E-state index in [1.54, 1.807) is 18.2 Å². The first-order valence-electron chi connectivity index (χ1n) is 3.84. The maximum atomic E-state index is 11.2. The van der Waals surface area contributed by atoms with Crippen molar-refractivity contribution < 1.29 is 4.42 Å². The second-order valence-electron chi connectivity index (χ2n) is 2.74. The van der Waals surface area contributed by atoms with Crippen molar-refractivity contribution >= 4 is 26.9 Å².